The Bertz CT molecular complexity index is 472. The van der Waals surface area contributed by atoms with Gasteiger partial charge >= 0.3 is 11.9 Å². The van der Waals surface area contributed by atoms with Crippen LogP contribution in [0.2, 0.25) is 0 Å². The molecule has 20 heavy (non-hydrogen) atoms. The molecule has 1 aromatic carbocycles. The topological polar surface area (TPSA) is 92.7 Å². The first-order valence-electron chi connectivity index (χ1n) is 6.24. The van der Waals surface area contributed by atoms with E-state index in [0.717, 1.165) is 5.56 Å². The molecular formula is C14H17NO5. The maximum Gasteiger partial charge on any atom is 0.326 e. The molecule has 6 nitrogen and oxygen atoms in total. The predicted molar refractivity (Wildman–Crippen MR) is 71.0 cm³/mol. The number of benzene rings is 1. The zero-order chi connectivity index (χ0) is 15.0. The van der Waals surface area contributed by atoms with E-state index in [0.29, 0.717) is 0 Å². The van der Waals surface area contributed by atoms with Crippen LogP contribution in [0.25, 0.3) is 0 Å². The number of carbonyl (C=O) groups is 3. The predicted octanol–water partition coefficient (Wildman–Crippen LogP) is 0.752. The van der Waals surface area contributed by atoms with Gasteiger partial charge in [0.05, 0.1) is 6.61 Å². The van der Waals surface area contributed by atoms with Crippen molar-refractivity contribution in [2.24, 2.45) is 0 Å². The third kappa shape index (κ3) is 5.51. The Balaban J connectivity index is 2.57. The van der Waals surface area contributed by atoms with E-state index in [2.05, 4.69) is 10.1 Å². The van der Waals surface area contributed by atoms with Gasteiger partial charge in [0.25, 0.3) is 0 Å². The minimum absolute atomic E-state index is 0.157. The van der Waals surface area contributed by atoms with Crippen molar-refractivity contribution in [1.82, 2.24) is 5.32 Å². The Labute approximate surface area is 116 Å². The molecule has 108 valence electrons. The van der Waals surface area contributed by atoms with Crippen molar-refractivity contribution in [3.05, 3.63) is 35.9 Å². The van der Waals surface area contributed by atoms with Gasteiger partial charge in [0.2, 0.25) is 5.91 Å². The molecule has 0 aliphatic rings. The molecule has 0 radical (unpaired) electrons. The zero-order valence-corrected chi connectivity index (χ0v) is 11.2. The summed E-state index contributed by atoms with van der Waals surface area (Å²) in [4.78, 5) is 33.8. The highest BCUT2D eigenvalue weighted by molar-refractivity contribution is 5.96. The van der Waals surface area contributed by atoms with Crippen LogP contribution in [0.1, 0.15) is 18.9 Å². The van der Waals surface area contributed by atoms with Crippen molar-refractivity contribution in [2.45, 2.75) is 25.8 Å². The number of rotatable bonds is 7. The van der Waals surface area contributed by atoms with E-state index in [9.17, 15) is 14.4 Å². The first kappa shape index (κ1) is 15.7. The van der Waals surface area contributed by atoms with E-state index >= 15 is 0 Å². The number of hydrogen-bond donors (Lipinski definition) is 2. The molecule has 0 fully saturated rings. The molecule has 1 atom stereocenters. The Kier molecular flexibility index (Phi) is 6.22. The maximum absolute atomic E-state index is 11.6. The van der Waals surface area contributed by atoms with E-state index in [4.69, 9.17) is 5.11 Å². The molecule has 0 saturated carbocycles. The number of carboxylic acid groups (broad SMARTS) is 1. The number of ether oxygens (including phenoxy) is 1. The lowest BCUT2D eigenvalue weighted by atomic mass is 10.1. The summed E-state index contributed by atoms with van der Waals surface area (Å²) in [6, 6.07) is 7.86. The monoisotopic (exact) mass is 279 g/mol. The molecule has 6 heteroatoms. The summed E-state index contributed by atoms with van der Waals surface area (Å²) in [7, 11) is 0. The lowest BCUT2D eigenvalue weighted by Gasteiger charge is -2.14. The fourth-order valence-electron chi connectivity index (χ4n) is 1.64. The molecule has 1 rings (SSSR count). The minimum atomic E-state index is -1.15. The van der Waals surface area contributed by atoms with Gasteiger partial charge < -0.3 is 15.2 Å². The van der Waals surface area contributed by atoms with Crippen LogP contribution in [-0.2, 0) is 25.5 Å². The molecule has 1 aromatic rings. The molecule has 1 amide bonds. The molecule has 2 N–H and O–H groups in total. The molecule has 0 bridgehead atoms. The molecule has 0 aliphatic heterocycles. The fraction of sp³-hybridized carbons (Fsp3) is 0.357. The van der Waals surface area contributed by atoms with E-state index in [-0.39, 0.29) is 13.0 Å². The van der Waals surface area contributed by atoms with Crippen LogP contribution in [0.3, 0.4) is 0 Å². The Hall–Kier alpha value is -2.37. The Morgan fingerprint density at radius 2 is 1.90 bits per heavy atom. The van der Waals surface area contributed by atoms with Gasteiger partial charge in [0, 0.05) is 6.42 Å². The number of carboxylic acids is 1. The lowest BCUT2D eigenvalue weighted by molar-refractivity contribution is -0.148. The number of amides is 1. The highest BCUT2D eigenvalue weighted by Gasteiger charge is 2.21. The van der Waals surface area contributed by atoms with E-state index < -0.39 is 30.3 Å². The van der Waals surface area contributed by atoms with Crippen molar-refractivity contribution < 1.29 is 24.2 Å². The summed E-state index contributed by atoms with van der Waals surface area (Å²) in [5, 5.41) is 11.4. The van der Waals surface area contributed by atoms with Crippen molar-refractivity contribution >= 4 is 17.8 Å². The van der Waals surface area contributed by atoms with Gasteiger partial charge in [-0.3, -0.25) is 9.59 Å². The Morgan fingerprint density at radius 3 is 2.45 bits per heavy atom. The minimum Gasteiger partial charge on any atom is -0.480 e. The molecular weight excluding hydrogens is 262 g/mol. The normalized spacial score (nSPS) is 11.4. The molecule has 0 spiro atoms. The second-order valence-electron chi connectivity index (χ2n) is 4.13. The van der Waals surface area contributed by atoms with Crippen molar-refractivity contribution in [2.75, 3.05) is 6.61 Å². The molecule has 0 aromatic heterocycles. The van der Waals surface area contributed by atoms with Gasteiger partial charge in [0.1, 0.15) is 12.5 Å². The number of nitrogens with one attached hydrogen (secondary N) is 1. The first-order chi connectivity index (χ1) is 9.52. The van der Waals surface area contributed by atoms with Crippen molar-refractivity contribution in [3.8, 4) is 0 Å². The van der Waals surface area contributed by atoms with Gasteiger partial charge in [-0.15, -0.1) is 0 Å². The highest BCUT2D eigenvalue weighted by atomic mass is 16.5. The largest absolute Gasteiger partial charge is 0.480 e. The molecule has 0 saturated heterocycles. The van der Waals surface area contributed by atoms with E-state index in [1.807, 2.05) is 6.07 Å². The third-order valence-corrected chi connectivity index (χ3v) is 2.53. The van der Waals surface area contributed by atoms with Crippen LogP contribution >= 0.6 is 0 Å². The van der Waals surface area contributed by atoms with Crippen molar-refractivity contribution in [1.29, 1.82) is 0 Å². The Morgan fingerprint density at radius 1 is 1.25 bits per heavy atom. The summed E-state index contributed by atoms with van der Waals surface area (Å²) >= 11 is 0. The standard InChI is InChI=1S/C14H17NO5/c1-2-20-13(17)9-12(16)15-11(14(18)19)8-10-6-4-3-5-7-10/h3-7,11H,2,8-9H2,1H3,(H,15,16)(H,18,19). The second kappa shape index (κ2) is 7.93. The zero-order valence-electron chi connectivity index (χ0n) is 11.2. The van der Waals surface area contributed by atoms with Crippen LogP contribution in [0.5, 0.6) is 0 Å². The lowest BCUT2D eigenvalue weighted by Crippen LogP contribution is -2.43. The summed E-state index contributed by atoms with van der Waals surface area (Å²) in [5.74, 6) is -2.48. The highest BCUT2D eigenvalue weighted by Crippen LogP contribution is 2.04. The number of aliphatic carboxylic acids is 1. The van der Waals surface area contributed by atoms with E-state index in [1.165, 1.54) is 0 Å². The van der Waals surface area contributed by atoms with Gasteiger partial charge in [-0.2, -0.15) is 0 Å². The van der Waals surface area contributed by atoms with Gasteiger partial charge in [-0.1, -0.05) is 30.3 Å². The molecule has 0 heterocycles. The van der Waals surface area contributed by atoms with Gasteiger partial charge in [-0.05, 0) is 12.5 Å². The van der Waals surface area contributed by atoms with Crippen LogP contribution in [0.4, 0.5) is 0 Å². The SMILES string of the molecule is CCOC(=O)CC(=O)NC(Cc1ccccc1)C(=O)O. The van der Waals surface area contributed by atoms with Crippen LogP contribution in [-0.4, -0.2) is 35.6 Å². The number of carbonyl (C=O) groups excluding carboxylic acids is 2. The molecule has 1 unspecified atom stereocenters. The number of esters is 1. The van der Waals surface area contributed by atoms with Crippen LogP contribution < -0.4 is 5.32 Å². The smallest absolute Gasteiger partial charge is 0.326 e. The average Bonchev–Trinajstić information content (AvgIpc) is 2.39. The van der Waals surface area contributed by atoms with Gasteiger partial charge in [-0.25, -0.2) is 4.79 Å². The molecule has 0 aliphatic carbocycles. The summed E-state index contributed by atoms with van der Waals surface area (Å²) in [6.07, 6.45) is -0.322. The maximum atomic E-state index is 11.6. The summed E-state index contributed by atoms with van der Waals surface area (Å²) < 4.78 is 4.63. The number of hydrogen-bond acceptors (Lipinski definition) is 4. The van der Waals surface area contributed by atoms with Crippen LogP contribution in [0.15, 0.2) is 30.3 Å². The summed E-state index contributed by atoms with van der Waals surface area (Å²) in [6.45, 7) is 1.81. The third-order valence-electron chi connectivity index (χ3n) is 2.53. The van der Waals surface area contributed by atoms with E-state index in [1.54, 1.807) is 31.2 Å². The van der Waals surface area contributed by atoms with Crippen molar-refractivity contribution in [3.63, 3.8) is 0 Å². The summed E-state index contributed by atoms with van der Waals surface area (Å²) in [5.41, 5.74) is 0.788. The fourth-order valence-corrected chi connectivity index (χ4v) is 1.64. The first-order valence-corrected chi connectivity index (χ1v) is 6.24. The average molecular weight is 279 g/mol. The van der Waals surface area contributed by atoms with Crippen LogP contribution in [0, 0.1) is 0 Å². The quantitative estimate of drug-likeness (QED) is 0.567. The second-order valence-corrected chi connectivity index (χ2v) is 4.13. The van der Waals surface area contributed by atoms with Gasteiger partial charge in [0.15, 0.2) is 0 Å².